The third-order valence-corrected chi connectivity index (χ3v) is 2.33. The van der Waals surface area contributed by atoms with Gasteiger partial charge in [-0.15, -0.1) is 0 Å². The minimum atomic E-state index is 0.303. The van der Waals surface area contributed by atoms with E-state index in [-0.39, 0.29) is 0 Å². The van der Waals surface area contributed by atoms with Crippen molar-refractivity contribution in [1.29, 1.82) is 0 Å². The Morgan fingerprint density at radius 3 is 2.54 bits per heavy atom. The van der Waals surface area contributed by atoms with E-state index < -0.39 is 0 Å². The molecule has 4 N–H and O–H groups in total. The van der Waals surface area contributed by atoms with Crippen LogP contribution in [0.1, 0.15) is 12.8 Å². The lowest BCUT2D eigenvalue weighted by Crippen LogP contribution is -2.40. The first-order chi connectivity index (χ1) is 6.27. The van der Waals surface area contributed by atoms with Crippen LogP contribution >= 0.6 is 0 Å². The normalized spacial score (nSPS) is 19.3. The molecule has 0 radical (unpaired) electrons. The predicted molar refractivity (Wildman–Crippen MR) is 48.1 cm³/mol. The molecule has 0 atom stereocenters. The van der Waals surface area contributed by atoms with Gasteiger partial charge >= 0.3 is 0 Å². The van der Waals surface area contributed by atoms with E-state index in [4.69, 9.17) is 11.5 Å². The summed E-state index contributed by atoms with van der Waals surface area (Å²) in [6.07, 6.45) is 1.93. The standard InChI is InChI=1S/C7H13N5O/c8-5-1-3-12(4-2-5)7-6(9)10-13-11-7/h5H,1-4,8H2,(H2,9,10). The van der Waals surface area contributed by atoms with Gasteiger partial charge in [0.25, 0.3) is 0 Å². The van der Waals surface area contributed by atoms with E-state index in [1.165, 1.54) is 0 Å². The zero-order valence-electron chi connectivity index (χ0n) is 7.31. The minimum absolute atomic E-state index is 0.303. The second kappa shape index (κ2) is 3.21. The van der Waals surface area contributed by atoms with E-state index in [0.29, 0.717) is 17.7 Å². The zero-order valence-corrected chi connectivity index (χ0v) is 7.31. The monoisotopic (exact) mass is 183 g/mol. The highest BCUT2D eigenvalue weighted by Crippen LogP contribution is 2.21. The zero-order chi connectivity index (χ0) is 9.26. The van der Waals surface area contributed by atoms with Gasteiger partial charge in [0.1, 0.15) is 0 Å². The molecular formula is C7H13N5O. The van der Waals surface area contributed by atoms with Crippen LogP contribution in [0.4, 0.5) is 11.6 Å². The van der Waals surface area contributed by atoms with Crippen LogP contribution in [0.25, 0.3) is 0 Å². The van der Waals surface area contributed by atoms with Gasteiger partial charge in [0, 0.05) is 19.1 Å². The number of rotatable bonds is 1. The molecule has 1 aromatic rings. The van der Waals surface area contributed by atoms with Crippen molar-refractivity contribution < 1.29 is 4.63 Å². The molecule has 72 valence electrons. The van der Waals surface area contributed by atoms with Crippen LogP contribution in [-0.4, -0.2) is 29.4 Å². The maximum atomic E-state index is 5.77. The van der Waals surface area contributed by atoms with E-state index >= 15 is 0 Å². The van der Waals surface area contributed by atoms with Gasteiger partial charge in [-0.2, -0.15) is 0 Å². The molecule has 0 bridgehead atoms. The molecule has 0 aliphatic carbocycles. The summed E-state index contributed by atoms with van der Waals surface area (Å²) in [4.78, 5) is 2.05. The molecule has 1 aliphatic heterocycles. The van der Waals surface area contributed by atoms with Gasteiger partial charge < -0.3 is 16.4 Å². The molecule has 2 rings (SSSR count). The summed E-state index contributed by atoms with van der Waals surface area (Å²) in [6.45, 7) is 1.75. The van der Waals surface area contributed by atoms with Crippen molar-refractivity contribution in [3.63, 3.8) is 0 Å². The summed E-state index contributed by atoms with van der Waals surface area (Å²) in [5.41, 5.74) is 11.3. The Hall–Kier alpha value is -1.30. The molecule has 0 aromatic carbocycles. The average Bonchev–Trinajstić information content (AvgIpc) is 2.53. The van der Waals surface area contributed by atoms with Crippen molar-refractivity contribution in [3.8, 4) is 0 Å². The van der Waals surface area contributed by atoms with E-state index in [0.717, 1.165) is 25.9 Å². The fourth-order valence-electron chi connectivity index (χ4n) is 1.52. The molecule has 13 heavy (non-hydrogen) atoms. The van der Waals surface area contributed by atoms with Crippen LogP contribution < -0.4 is 16.4 Å². The lowest BCUT2D eigenvalue weighted by Gasteiger charge is -2.29. The van der Waals surface area contributed by atoms with Crippen LogP contribution in [0.2, 0.25) is 0 Å². The topological polar surface area (TPSA) is 94.2 Å². The lowest BCUT2D eigenvalue weighted by molar-refractivity contribution is 0.308. The number of anilines is 2. The molecule has 0 unspecified atom stereocenters. The molecule has 6 heteroatoms. The number of nitrogen functional groups attached to an aromatic ring is 1. The van der Waals surface area contributed by atoms with Crippen LogP contribution in [0.5, 0.6) is 0 Å². The van der Waals surface area contributed by atoms with Crippen molar-refractivity contribution in [3.05, 3.63) is 0 Å². The largest absolute Gasteiger partial charge is 0.378 e. The maximum absolute atomic E-state index is 5.77. The van der Waals surface area contributed by atoms with Crippen molar-refractivity contribution in [2.45, 2.75) is 18.9 Å². The predicted octanol–water partition coefficient (Wildman–Crippen LogP) is -0.421. The van der Waals surface area contributed by atoms with Crippen molar-refractivity contribution in [2.75, 3.05) is 23.7 Å². The second-order valence-corrected chi connectivity index (χ2v) is 3.30. The number of piperidine rings is 1. The van der Waals surface area contributed by atoms with E-state index in [2.05, 4.69) is 19.8 Å². The van der Waals surface area contributed by atoms with Gasteiger partial charge in [0.15, 0.2) is 0 Å². The Morgan fingerprint density at radius 2 is 2.00 bits per heavy atom. The highest BCUT2D eigenvalue weighted by atomic mass is 16.6. The first kappa shape index (κ1) is 8.31. The van der Waals surface area contributed by atoms with Gasteiger partial charge in [0.05, 0.1) is 0 Å². The minimum Gasteiger partial charge on any atom is -0.378 e. The van der Waals surface area contributed by atoms with E-state index in [9.17, 15) is 0 Å². The summed E-state index contributed by atoms with van der Waals surface area (Å²) >= 11 is 0. The summed E-state index contributed by atoms with van der Waals surface area (Å²) < 4.78 is 4.53. The fourth-order valence-corrected chi connectivity index (χ4v) is 1.52. The highest BCUT2D eigenvalue weighted by molar-refractivity contribution is 5.56. The maximum Gasteiger partial charge on any atom is 0.217 e. The second-order valence-electron chi connectivity index (χ2n) is 3.30. The SMILES string of the molecule is Nc1nonc1N1CCC(N)CC1. The van der Waals surface area contributed by atoms with Crippen LogP contribution in [0.3, 0.4) is 0 Å². The van der Waals surface area contributed by atoms with Crippen LogP contribution in [0.15, 0.2) is 4.63 Å². The summed E-state index contributed by atoms with van der Waals surface area (Å²) in [5, 5.41) is 7.27. The number of hydrogen-bond acceptors (Lipinski definition) is 6. The molecule has 1 fully saturated rings. The Kier molecular flexibility index (Phi) is 2.05. The summed E-state index contributed by atoms with van der Waals surface area (Å²) in [5.74, 6) is 1.00. The molecule has 6 nitrogen and oxygen atoms in total. The molecule has 1 aliphatic rings. The van der Waals surface area contributed by atoms with Gasteiger partial charge in [-0.1, -0.05) is 0 Å². The Morgan fingerprint density at radius 1 is 1.31 bits per heavy atom. The first-order valence-corrected chi connectivity index (χ1v) is 4.36. The van der Waals surface area contributed by atoms with E-state index in [1.54, 1.807) is 0 Å². The number of aromatic nitrogens is 2. The molecule has 0 spiro atoms. The quantitative estimate of drug-likeness (QED) is 0.614. The Bertz CT molecular complexity index is 278. The van der Waals surface area contributed by atoms with Crippen LogP contribution in [0, 0.1) is 0 Å². The fraction of sp³-hybridized carbons (Fsp3) is 0.714. The van der Waals surface area contributed by atoms with Gasteiger partial charge in [-0.25, -0.2) is 4.63 Å². The van der Waals surface area contributed by atoms with Gasteiger partial charge in [-0.3, -0.25) is 0 Å². The molecule has 0 amide bonds. The summed E-state index contributed by atoms with van der Waals surface area (Å²) in [7, 11) is 0. The molecule has 2 heterocycles. The number of nitrogens with zero attached hydrogens (tertiary/aromatic N) is 3. The number of nitrogens with two attached hydrogens (primary N) is 2. The molecule has 0 saturated carbocycles. The summed E-state index contributed by atoms with van der Waals surface area (Å²) in [6, 6.07) is 0.303. The average molecular weight is 183 g/mol. The highest BCUT2D eigenvalue weighted by Gasteiger charge is 2.20. The van der Waals surface area contributed by atoms with Crippen molar-refractivity contribution in [1.82, 2.24) is 10.3 Å². The molecular weight excluding hydrogens is 170 g/mol. The van der Waals surface area contributed by atoms with Crippen molar-refractivity contribution in [2.24, 2.45) is 5.73 Å². The Labute approximate surface area is 75.8 Å². The lowest BCUT2D eigenvalue weighted by atomic mass is 10.1. The van der Waals surface area contributed by atoms with Gasteiger partial charge in [-0.05, 0) is 23.2 Å². The molecule has 1 aromatic heterocycles. The van der Waals surface area contributed by atoms with E-state index in [1.807, 2.05) is 0 Å². The van der Waals surface area contributed by atoms with Gasteiger partial charge in [0.2, 0.25) is 11.6 Å². The van der Waals surface area contributed by atoms with Crippen molar-refractivity contribution >= 4 is 11.6 Å². The Balaban J connectivity index is 2.06. The third kappa shape index (κ3) is 1.57. The third-order valence-electron chi connectivity index (χ3n) is 2.33. The number of hydrogen-bond donors (Lipinski definition) is 2. The first-order valence-electron chi connectivity index (χ1n) is 4.36. The molecule has 1 saturated heterocycles. The smallest absolute Gasteiger partial charge is 0.217 e. The van der Waals surface area contributed by atoms with Crippen LogP contribution in [-0.2, 0) is 0 Å².